The molecule has 5 rings (SSSR count). The molecule has 1 aliphatic carbocycles. The Labute approximate surface area is 166 Å². The number of rotatable bonds is 4. The first-order chi connectivity index (χ1) is 13.3. The molecule has 2 unspecified atom stereocenters. The van der Waals surface area contributed by atoms with Crippen LogP contribution in [-0.2, 0) is 6.61 Å². The number of halogens is 1. The van der Waals surface area contributed by atoms with Crippen LogP contribution < -0.4 is 4.74 Å². The highest BCUT2D eigenvalue weighted by molar-refractivity contribution is 8.00. The maximum Gasteiger partial charge on any atom is 0.221 e. The van der Waals surface area contributed by atoms with Crippen molar-refractivity contribution in [3.05, 3.63) is 53.0 Å². The maximum atomic E-state index is 6.24. The van der Waals surface area contributed by atoms with Gasteiger partial charge < -0.3 is 9.26 Å². The van der Waals surface area contributed by atoms with Crippen molar-refractivity contribution >= 4 is 23.4 Å². The molecular weight excluding hydrogens is 382 g/mol. The molecule has 0 bridgehead atoms. The van der Waals surface area contributed by atoms with Gasteiger partial charge in [-0.05, 0) is 18.9 Å². The van der Waals surface area contributed by atoms with Crippen molar-refractivity contribution in [2.24, 2.45) is 0 Å². The second-order valence-corrected chi connectivity index (χ2v) is 8.53. The van der Waals surface area contributed by atoms with Crippen LogP contribution in [0.4, 0.5) is 0 Å². The van der Waals surface area contributed by atoms with Gasteiger partial charge >= 0.3 is 0 Å². The van der Waals surface area contributed by atoms with Gasteiger partial charge in [0.25, 0.3) is 0 Å². The molecule has 2 aromatic heterocycles. The van der Waals surface area contributed by atoms with Crippen LogP contribution in [0.5, 0.6) is 5.88 Å². The van der Waals surface area contributed by atoms with E-state index in [9.17, 15) is 0 Å². The van der Waals surface area contributed by atoms with Crippen molar-refractivity contribution in [2.75, 3.05) is 0 Å². The van der Waals surface area contributed by atoms with E-state index in [1.807, 2.05) is 42.1 Å². The number of aromatic nitrogens is 3. The largest absolute Gasteiger partial charge is 0.469 e. The molecule has 7 heteroatoms. The smallest absolute Gasteiger partial charge is 0.221 e. The zero-order valence-corrected chi connectivity index (χ0v) is 16.2. The standard InChI is InChI=1S/C20H18ClN3O2S/c21-15-7-3-1-5-13(15)16-9-12(26-24-16)10-25-19-18-14-6-2-4-8-17(14)27-20(18)23-11-22-19/h1,3,5,7,9,11,14,17H,2,4,6,8,10H2. The molecule has 27 heavy (non-hydrogen) atoms. The van der Waals surface area contributed by atoms with Crippen molar-refractivity contribution < 1.29 is 9.26 Å². The zero-order chi connectivity index (χ0) is 18.2. The number of nitrogens with zero attached hydrogens (tertiary/aromatic N) is 3. The number of hydrogen-bond acceptors (Lipinski definition) is 6. The number of fused-ring (bicyclic) bond motifs is 3. The van der Waals surface area contributed by atoms with Gasteiger partial charge in [0.2, 0.25) is 5.88 Å². The third kappa shape index (κ3) is 3.21. The first-order valence-corrected chi connectivity index (χ1v) is 10.4. The van der Waals surface area contributed by atoms with E-state index in [4.69, 9.17) is 20.9 Å². The summed E-state index contributed by atoms with van der Waals surface area (Å²) in [5.41, 5.74) is 2.73. The molecule has 0 radical (unpaired) electrons. The summed E-state index contributed by atoms with van der Waals surface area (Å²) in [7, 11) is 0. The quantitative estimate of drug-likeness (QED) is 0.540. The third-order valence-electron chi connectivity index (χ3n) is 5.21. The van der Waals surface area contributed by atoms with Crippen LogP contribution in [0.25, 0.3) is 11.3 Å². The topological polar surface area (TPSA) is 61.0 Å². The molecule has 2 aliphatic rings. The fourth-order valence-corrected chi connectivity index (χ4v) is 5.63. The van der Waals surface area contributed by atoms with Gasteiger partial charge in [0, 0.05) is 22.8 Å². The highest BCUT2D eigenvalue weighted by atomic mass is 35.5. The summed E-state index contributed by atoms with van der Waals surface area (Å²) in [5, 5.41) is 6.46. The molecule has 2 atom stereocenters. The van der Waals surface area contributed by atoms with E-state index in [1.54, 1.807) is 6.33 Å². The Hall–Kier alpha value is -2.05. The fraction of sp³-hybridized carbons (Fsp3) is 0.350. The molecular formula is C20H18ClN3O2S. The minimum absolute atomic E-state index is 0.281. The Bertz CT molecular complexity index is 977. The highest BCUT2D eigenvalue weighted by Gasteiger charge is 2.39. The number of benzene rings is 1. The van der Waals surface area contributed by atoms with Crippen molar-refractivity contribution in [3.8, 4) is 17.1 Å². The highest BCUT2D eigenvalue weighted by Crippen LogP contribution is 2.53. The molecule has 3 aromatic rings. The number of thioether (sulfide) groups is 1. The van der Waals surface area contributed by atoms with Crippen molar-refractivity contribution in [1.82, 2.24) is 15.1 Å². The van der Waals surface area contributed by atoms with E-state index in [-0.39, 0.29) is 6.61 Å². The van der Waals surface area contributed by atoms with Crippen LogP contribution in [0, 0.1) is 0 Å². The number of ether oxygens (including phenoxy) is 1. The lowest BCUT2D eigenvalue weighted by Gasteiger charge is -2.24. The van der Waals surface area contributed by atoms with Crippen molar-refractivity contribution in [3.63, 3.8) is 0 Å². The molecule has 1 aliphatic heterocycles. The fourth-order valence-electron chi connectivity index (χ4n) is 3.92. The van der Waals surface area contributed by atoms with Crippen molar-refractivity contribution in [2.45, 2.75) is 48.5 Å². The van der Waals surface area contributed by atoms with E-state index >= 15 is 0 Å². The summed E-state index contributed by atoms with van der Waals surface area (Å²) in [5.74, 6) is 1.82. The monoisotopic (exact) mass is 399 g/mol. The molecule has 138 valence electrons. The van der Waals surface area contributed by atoms with Gasteiger partial charge in [-0.15, -0.1) is 11.8 Å². The summed E-state index contributed by atoms with van der Waals surface area (Å²) in [6, 6.07) is 9.43. The van der Waals surface area contributed by atoms with Crippen LogP contribution >= 0.6 is 23.4 Å². The molecule has 1 fully saturated rings. The van der Waals surface area contributed by atoms with Gasteiger partial charge in [-0.3, -0.25) is 0 Å². The molecule has 5 nitrogen and oxygen atoms in total. The number of hydrogen-bond donors (Lipinski definition) is 0. The lowest BCUT2D eigenvalue weighted by atomic mass is 9.85. The molecule has 1 aromatic carbocycles. The van der Waals surface area contributed by atoms with Gasteiger partial charge in [-0.1, -0.05) is 47.8 Å². The Morgan fingerprint density at radius 3 is 3.00 bits per heavy atom. The summed E-state index contributed by atoms with van der Waals surface area (Å²) < 4.78 is 11.5. The molecule has 0 saturated heterocycles. The summed E-state index contributed by atoms with van der Waals surface area (Å²) in [4.78, 5) is 8.88. The first kappa shape index (κ1) is 17.1. The first-order valence-electron chi connectivity index (χ1n) is 9.14. The minimum atomic E-state index is 0.281. The maximum absolute atomic E-state index is 6.24. The third-order valence-corrected chi connectivity index (χ3v) is 6.95. The SMILES string of the molecule is Clc1ccccc1-c1cc(COc2ncnc3c2C2CCCCC2S3)on1. The van der Waals surface area contributed by atoms with Gasteiger partial charge in [0.15, 0.2) is 12.4 Å². The van der Waals surface area contributed by atoms with E-state index in [1.165, 1.54) is 31.2 Å². The Kier molecular flexibility index (Phi) is 4.53. The predicted octanol–water partition coefficient (Wildman–Crippen LogP) is 5.50. The molecule has 1 saturated carbocycles. The lowest BCUT2D eigenvalue weighted by molar-refractivity contribution is 0.236. The average Bonchev–Trinajstić information content (AvgIpc) is 3.31. The van der Waals surface area contributed by atoms with Crippen LogP contribution in [0.15, 0.2) is 46.2 Å². The summed E-state index contributed by atoms with van der Waals surface area (Å²) in [6.07, 6.45) is 6.59. The Morgan fingerprint density at radius 2 is 2.07 bits per heavy atom. The van der Waals surface area contributed by atoms with Crippen molar-refractivity contribution in [1.29, 1.82) is 0 Å². The Morgan fingerprint density at radius 1 is 1.19 bits per heavy atom. The predicted molar refractivity (Wildman–Crippen MR) is 104 cm³/mol. The van der Waals surface area contributed by atoms with E-state index in [0.29, 0.717) is 33.5 Å². The molecule has 0 spiro atoms. The molecule has 0 N–H and O–H groups in total. The normalized spacial score (nSPS) is 20.9. The Balaban J connectivity index is 1.35. The second-order valence-electron chi connectivity index (χ2n) is 6.89. The molecule has 0 amide bonds. The van der Waals surface area contributed by atoms with E-state index < -0.39 is 0 Å². The average molecular weight is 400 g/mol. The van der Waals surface area contributed by atoms with Gasteiger partial charge in [-0.2, -0.15) is 0 Å². The van der Waals surface area contributed by atoms with Gasteiger partial charge in [0.1, 0.15) is 17.0 Å². The zero-order valence-electron chi connectivity index (χ0n) is 14.6. The second kappa shape index (κ2) is 7.17. The summed E-state index contributed by atoms with van der Waals surface area (Å²) in [6.45, 7) is 0.281. The van der Waals surface area contributed by atoms with Crippen LogP contribution in [0.1, 0.15) is 42.9 Å². The van der Waals surface area contributed by atoms with E-state index in [2.05, 4.69) is 15.1 Å². The summed E-state index contributed by atoms with van der Waals surface area (Å²) >= 11 is 8.11. The van der Waals surface area contributed by atoms with Crippen LogP contribution in [0.2, 0.25) is 5.02 Å². The van der Waals surface area contributed by atoms with Crippen LogP contribution in [-0.4, -0.2) is 20.4 Å². The van der Waals surface area contributed by atoms with Crippen LogP contribution in [0.3, 0.4) is 0 Å². The lowest BCUT2D eigenvalue weighted by Crippen LogP contribution is -2.16. The minimum Gasteiger partial charge on any atom is -0.469 e. The van der Waals surface area contributed by atoms with Gasteiger partial charge in [-0.25, -0.2) is 9.97 Å². The van der Waals surface area contributed by atoms with E-state index in [0.717, 1.165) is 10.6 Å². The van der Waals surface area contributed by atoms with Gasteiger partial charge in [0.05, 0.1) is 10.6 Å². The molecule has 3 heterocycles.